The van der Waals surface area contributed by atoms with E-state index >= 15 is 0 Å². The number of amides is 2. The summed E-state index contributed by atoms with van der Waals surface area (Å²) in [7, 11) is 4.36. The third-order valence-corrected chi connectivity index (χ3v) is 6.24. The number of methoxy groups -OCH3 is 3. The van der Waals surface area contributed by atoms with Gasteiger partial charge in [-0.1, -0.05) is 18.2 Å². The lowest BCUT2D eigenvalue weighted by atomic mass is 9.99. The van der Waals surface area contributed by atoms with Crippen LogP contribution in [0.25, 0.3) is 11.0 Å². The van der Waals surface area contributed by atoms with Gasteiger partial charge in [0.05, 0.1) is 31.8 Å². The number of carbonyl (C=O) groups is 3. The highest BCUT2D eigenvalue weighted by atomic mass is 16.5. The Hall–Kier alpha value is -4.05. The second kappa shape index (κ2) is 10.3. The fraction of sp³-hybridized carbons (Fsp3) is 0.346. The summed E-state index contributed by atoms with van der Waals surface area (Å²) >= 11 is 0. The number of para-hydroxylation sites is 1. The Labute approximate surface area is 208 Å². The molecule has 1 aliphatic heterocycles. The Morgan fingerprint density at radius 3 is 2.64 bits per heavy atom. The molecule has 10 heteroatoms. The van der Waals surface area contributed by atoms with Crippen LogP contribution in [0.2, 0.25) is 0 Å². The van der Waals surface area contributed by atoms with E-state index in [1.807, 2.05) is 18.2 Å². The largest absolute Gasteiger partial charge is 0.496 e. The highest BCUT2D eigenvalue weighted by molar-refractivity contribution is 6.05. The van der Waals surface area contributed by atoms with Gasteiger partial charge in [-0.15, -0.1) is 0 Å². The van der Waals surface area contributed by atoms with Crippen molar-refractivity contribution in [3.8, 4) is 11.5 Å². The van der Waals surface area contributed by atoms with E-state index in [4.69, 9.17) is 23.4 Å². The maximum Gasteiger partial charge on any atom is 0.337 e. The molecule has 2 aromatic carbocycles. The lowest BCUT2D eigenvalue weighted by molar-refractivity contribution is -0.133. The van der Waals surface area contributed by atoms with Crippen LogP contribution in [0.3, 0.4) is 0 Å². The Kier molecular flexibility index (Phi) is 7.16. The van der Waals surface area contributed by atoms with Crippen molar-refractivity contribution in [2.24, 2.45) is 0 Å². The van der Waals surface area contributed by atoms with E-state index < -0.39 is 23.3 Å². The smallest absolute Gasteiger partial charge is 0.337 e. The molecule has 0 bridgehead atoms. The van der Waals surface area contributed by atoms with Crippen LogP contribution in [0.4, 0.5) is 0 Å². The normalized spacial score (nSPS) is 17.2. The third kappa shape index (κ3) is 4.47. The molecule has 1 unspecified atom stereocenters. The minimum atomic E-state index is -1.36. The Morgan fingerprint density at radius 1 is 1.14 bits per heavy atom. The molecular formula is C26H28N2O8. The highest BCUT2D eigenvalue weighted by Gasteiger charge is 2.47. The fourth-order valence-electron chi connectivity index (χ4n) is 4.17. The summed E-state index contributed by atoms with van der Waals surface area (Å²) in [5, 5.41) is 3.42. The molecule has 1 N–H and O–H groups in total. The summed E-state index contributed by atoms with van der Waals surface area (Å²) in [6.45, 7) is 2.04. The molecule has 0 aliphatic carbocycles. The topological polar surface area (TPSA) is 117 Å². The van der Waals surface area contributed by atoms with Crippen LogP contribution in [-0.2, 0) is 20.8 Å². The van der Waals surface area contributed by atoms with Crippen molar-refractivity contribution in [2.75, 3.05) is 41.1 Å². The first-order chi connectivity index (χ1) is 17.3. The van der Waals surface area contributed by atoms with E-state index in [0.717, 1.165) is 5.56 Å². The number of rotatable bonds is 8. The van der Waals surface area contributed by atoms with Crippen LogP contribution >= 0.6 is 0 Å². The van der Waals surface area contributed by atoms with Gasteiger partial charge in [-0.05, 0) is 31.2 Å². The van der Waals surface area contributed by atoms with Gasteiger partial charge in [0, 0.05) is 25.8 Å². The maximum atomic E-state index is 13.7. The zero-order chi connectivity index (χ0) is 25.9. The van der Waals surface area contributed by atoms with Crippen molar-refractivity contribution in [3.63, 3.8) is 0 Å². The second-order valence-electron chi connectivity index (χ2n) is 8.47. The predicted molar refractivity (Wildman–Crippen MR) is 129 cm³/mol. The molecule has 10 nitrogen and oxygen atoms in total. The van der Waals surface area contributed by atoms with Crippen LogP contribution in [0.5, 0.6) is 11.5 Å². The van der Waals surface area contributed by atoms with E-state index in [2.05, 4.69) is 5.32 Å². The molecule has 0 saturated carbocycles. The number of hydrogen-bond donors (Lipinski definition) is 1. The monoisotopic (exact) mass is 496 g/mol. The number of fused-ring (bicyclic) bond motifs is 3. The van der Waals surface area contributed by atoms with Crippen LogP contribution in [0, 0.1) is 0 Å². The lowest BCUT2D eigenvalue weighted by Crippen LogP contribution is -2.61. The summed E-state index contributed by atoms with van der Waals surface area (Å²) in [6, 6.07) is 12.0. The second-order valence-corrected chi connectivity index (χ2v) is 8.47. The molecule has 1 aromatic heterocycles. The number of hydrogen-bond acceptors (Lipinski definition) is 8. The van der Waals surface area contributed by atoms with Gasteiger partial charge in [0.2, 0.25) is 11.7 Å². The van der Waals surface area contributed by atoms with Gasteiger partial charge in [0.15, 0.2) is 11.3 Å². The predicted octanol–water partition coefficient (Wildman–Crippen LogP) is 2.78. The van der Waals surface area contributed by atoms with Crippen molar-refractivity contribution in [2.45, 2.75) is 19.0 Å². The molecule has 1 aliphatic rings. The van der Waals surface area contributed by atoms with E-state index in [0.29, 0.717) is 16.7 Å². The maximum absolute atomic E-state index is 13.7. The van der Waals surface area contributed by atoms with Crippen LogP contribution in [0.1, 0.15) is 33.4 Å². The van der Waals surface area contributed by atoms with Crippen molar-refractivity contribution in [3.05, 3.63) is 59.4 Å². The molecule has 0 radical (unpaired) electrons. The SMILES string of the molecule is COCCN1C(=O)c2oc3cc(C(=O)OC)ccc3c2OCC1(C)C(=O)NCc1ccccc1OC. The minimum absolute atomic E-state index is 0.0515. The molecule has 2 heterocycles. The number of nitrogens with one attached hydrogen (secondary N) is 1. The molecule has 4 rings (SSSR count). The average Bonchev–Trinajstić information content (AvgIpc) is 3.23. The van der Waals surface area contributed by atoms with E-state index in [9.17, 15) is 14.4 Å². The van der Waals surface area contributed by atoms with Crippen molar-refractivity contribution in [1.29, 1.82) is 0 Å². The quantitative estimate of drug-likeness (QED) is 0.473. The molecule has 2 amide bonds. The zero-order valence-corrected chi connectivity index (χ0v) is 20.6. The van der Waals surface area contributed by atoms with Crippen molar-refractivity contribution >= 4 is 28.8 Å². The average molecular weight is 497 g/mol. The van der Waals surface area contributed by atoms with E-state index in [1.165, 1.54) is 25.2 Å². The molecule has 190 valence electrons. The van der Waals surface area contributed by atoms with Gasteiger partial charge >= 0.3 is 5.97 Å². The van der Waals surface area contributed by atoms with Crippen molar-refractivity contribution in [1.82, 2.24) is 10.2 Å². The number of nitrogens with zero attached hydrogens (tertiary/aromatic N) is 1. The van der Waals surface area contributed by atoms with E-state index in [1.54, 1.807) is 32.2 Å². The van der Waals surface area contributed by atoms with E-state index in [-0.39, 0.29) is 43.4 Å². The molecule has 0 fully saturated rings. The van der Waals surface area contributed by atoms with Gasteiger partial charge < -0.3 is 33.6 Å². The summed E-state index contributed by atoms with van der Waals surface area (Å²) in [5.41, 5.74) is 0.00291. The van der Waals surface area contributed by atoms with Crippen molar-refractivity contribution < 1.29 is 37.7 Å². The summed E-state index contributed by atoms with van der Waals surface area (Å²) in [5.74, 6) is -0.647. The molecule has 36 heavy (non-hydrogen) atoms. The van der Waals surface area contributed by atoms with Crippen LogP contribution in [0.15, 0.2) is 46.9 Å². The zero-order valence-electron chi connectivity index (χ0n) is 20.6. The first kappa shape index (κ1) is 25.1. The van der Waals surface area contributed by atoms with Crippen LogP contribution < -0.4 is 14.8 Å². The Balaban J connectivity index is 1.66. The minimum Gasteiger partial charge on any atom is -0.496 e. The molecule has 1 atom stereocenters. The lowest BCUT2D eigenvalue weighted by Gasteiger charge is -2.37. The van der Waals surface area contributed by atoms with Gasteiger partial charge in [-0.3, -0.25) is 9.59 Å². The summed E-state index contributed by atoms with van der Waals surface area (Å²) in [6.07, 6.45) is 0. The molecule has 0 spiro atoms. The first-order valence-corrected chi connectivity index (χ1v) is 11.3. The summed E-state index contributed by atoms with van der Waals surface area (Å²) < 4.78 is 27.2. The number of benzene rings is 2. The Bertz CT molecular complexity index is 1300. The van der Waals surface area contributed by atoms with Gasteiger partial charge in [0.25, 0.3) is 5.91 Å². The first-order valence-electron chi connectivity index (χ1n) is 11.3. The Morgan fingerprint density at radius 2 is 1.92 bits per heavy atom. The van der Waals surface area contributed by atoms with Gasteiger partial charge in [-0.2, -0.15) is 0 Å². The van der Waals surface area contributed by atoms with Gasteiger partial charge in [0.1, 0.15) is 17.9 Å². The number of esters is 1. The summed E-state index contributed by atoms with van der Waals surface area (Å²) in [4.78, 5) is 40.5. The molecular weight excluding hydrogens is 468 g/mol. The molecule has 3 aromatic rings. The highest BCUT2D eigenvalue weighted by Crippen LogP contribution is 2.39. The number of carbonyl (C=O) groups excluding carboxylic acids is 3. The number of furan rings is 1. The fourth-order valence-corrected chi connectivity index (χ4v) is 4.17. The third-order valence-electron chi connectivity index (χ3n) is 6.24. The van der Waals surface area contributed by atoms with Crippen LogP contribution in [-0.4, -0.2) is 69.3 Å². The standard InChI is InChI=1S/C26H28N2O8/c1-26(25(31)27-14-17-7-5-6-8-19(17)33-3)15-35-21-18-10-9-16(24(30)34-4)13-20(18)36-22(21)23(29)28(26)11-12-32-2/h5-10,13H,11-12,14-15H2,1-4H3,(H,27,31). The number of ether oxygens (including phenoxy) is 4. The molecule has 0 saturated heterocycles. The van der Waals surface area contributed by atoms with Gasteiger partial charge in [-0.25, -0.2) is 4.79 Å².